The molecule has 92 valence electrons. The minimum Gasteiger partial charge on any atom is -0.493 e. The van der Waals surface area contributed by atoms with Crippen molar-refractivity contribution in [3.63, 3.8) is 0 Å². The van der Waals surface area contributed by atoms with Crippen LogP contribution in [0.1, 0.15) is 10.4 Å². The lowest BCUT2D eigenvalue weighted by Gasteiger charge is -2.11. The van der Waals surface area contributed by atoms with Crippen LogP contribution in [0, 0.1) is 0 Å². The highest BCUT2D eigenvalue weighted by molar-refractivity contribution is 6.32. The third kappa shape index (κ3) is 2.63. The number of methoxy groups -OCH3 is 1. The molecule has 4 heteroatoms. The quantitative estimate of drug-likeness (QED) is 0.783. The zero-order valence-corrected chi connectivity index (χ0v) is 10.5. The largest absolute Gasteiger partial charge is 0.493 e. The van der Waals surface area contributed by atoms with Gasteiger partial charge in [-0.1, -0.05) is 23.7 Å². The van der Waals surface area contributed by atoms with Gasteiger partial charge >= 0.3 is 0 Å². The average Bonchev–Trinajstić information content (AvgIpc) is 2.41. The highest BCUT2D eigenvalue weighted by atomic mass is 35.5. The molecule has 3 nitrogen and oxygen atoms in total. The van der Waals surface area contributed by atoms with Crippen LogP contribution in [-0.4, -0.2) is 13.4 Å². The fourth-order valence-corrected chi connectivity index (χ4v) is 1.72. The molecular weight excluding hydrogens is 252 g/mol. The van der Waals surface area contributed by atoms with E-state index in [0.717, 1.165) is 6.29 Å². The summed E-state index contributed by atoms with van der Waals surface area (Å²) in [7, 11) is 1.57. The van der Waals surface area contributed by atoms with Crippen molar-refractivity contribution in [2.24, 2.45) is 0 Å². The number of hydrogen-bond acceptors (Lipinski definition) is 3. The summed E-state index contributed by atoms with van der Waals surface area (Å²) < 4.78 is 10.8. The molecule has 0 spiro atoms. The summed E-state index contributed by atoms with van der Waals surface area (Å²) in [6.45, 7) is 0. The Morgan fingerprint density at radius 3 is 2.39 bits per heavy atom. The number of rotatable bonds is 4. The van der Waals surface area contributed by atoms with Crippen LogP contribution < -0.4 is 9.47 Å². The maximum atomic E-state index is 10.6. The molecule has 0 aliphatic carbocycles. The van der Waals surface area contributed by atoms with Crippen molar-refractivity contribution >= 4 is 17.9 Å². The molecule has 0 aromatic heterocycles. The summed E-state index contributed by atoms with van der Waals surface area (Å²) >= 11 is 6.03. The molecule has 2 aromatic carbocycles. The number of benzene rings is 2. The van der Waals surface area contributed by atoms with E-state index < -0.39 is 0 Å². The Balaban J connectivity index is 2.31. The Labute approximate surface area is 110 Å². The molecule has 0 bridgehead atoms. The number of hydrogen-bond donors (Lipinski definition) is 0. The van der Waals surface area contributed by atoms with Gasteiger partial charge < -0.3 is 9.47 Å². The van der Waals surface area contributed by atoms with Gasteiger partial charge in [-0.2, -0.15) is 0 Å². The normalized spacial score (nSPS) is 9.89. The summed E-state index contributed by atoms with van der Waals surface area (Å²) in [6.07, 6.45) is 0.735. The SMILES string of the molecule is COc1ccccc1Oc1ccc(C=O)cc1Cl. The fraction of sp³-hybridized carbons (Fsp3) is 0.0714. The van der Waals surface area contributed by atoms with Gasteiger partial charge in [0, 0.05) is 5.56 Å². The van der Waals surface area contributed by atoms with E-state index in [-0.39, 0.29) is 0 Å². The lowest BCUT2D eigenvalue weighted by molar-refractivity contribution is 0.112. The fourth-order valence-electron chi connectivity index (χ4n) is 1.49. The molecule has 2 rings (SSSR count). The van der Waals surface area contributed by atoms with Gasteiger partial charge in [0.05, 0.1) is 12.1 Å². The molecule has 0 fully saturated rings. The maximum Gasteiger partial charge on any atom is 0.169 e. The Hall–Kier alpha value is -2.00. The van der Waals surface area contributed by atoms with Gasteiger partial charge in [0.15, 0.2) is 11.5 Å². The third-order valence-electron chi connectivity index (χ3n) is 2.38. The molecule has 0 atom stereocenters. The second-order valence-electron chi connectivity index (χ2n) is 3.56. The molecule has 0 aliphatic rings. The second-order valence-corrected chi connectivity index (χ2v) is 3.97. The summed E-state index contributed by atoms with van der Waals surface area (Å²) in [5.74, 6) is 1.67. The first-order valence-corrected chi connectivity index (χ1v) is 5.68. The monoisotopic (exact) mass is 262 g/mol. The summed E-state index contributed by atoms with van der Waals surface area (Å²) in [6, 6.07) is 12.1. The van der Waals surface area contributed by atoms with Gasteiger partial charge in [-0.05, 0) is 30.3 Å². The molecule has 0 saturated heterocycles. The molecule has 0 heterocycles. The topological polar surface area (TPSA) is 35.5 Å². The van der Waals surface area contributed by atoms with Gasteiger partial charge in [-0.15, -0.1) is 0 Å². The van der Waals surface area contributed by atoms with Gasteiger partial charge in [0.1, 0.15) is 12.0 Å². The molecule has 2 aromatic rings. The Kier molecular flexibility index (Phi) is 3.85. The van der Waals surface area contributed by atoms with Crippen LogP contribution in [0.2, 0.25) is 5.02 Å². The van der Waals surface area contributed by atoms with Crippen LogP contribution in [0.3, 0.4) is 0 Å². The molecule has 0 amide bonds. The summed E-state index contributed by atoms with van der Waals surface area (Å²) in [5, 5.41) is 0.380. The average molecular weight is 263 g/mol. The first kappa shape index (κ1) is 12.5. The molecule has 18 heavy (non-hydrogen) atoms. The molecule has 0 unspecified atom stereocenters. The first-order valence-electron chi connectivity index (χ1n) is 5.30. The van der Waals surface area contributed by atoms with E-state index in [1.54, 1.807) is 37.4 Å². The number of ether oxygens (including phenoxy) is 2. The van der Waals surface area contributed by atoms with Crippen molar-refractivity contribution in [2.45, 2.75) is 0 Å². The molecule has 0 N–H and O–H groups in total. The molecule has 0 aliphatic heterocycles. The zero-order chi connectivity index (χ0) is 13.0. The van der Waals surface area contributed by atoms with Crippen molar-refractivity contribution in [1.29, 1.82) is 0 Å². The van der Waals surface area contributed by atoms with Crippen LogP contribution in [0.5, 0.6) is 17.2 Å². The van der Waals surface area contributed by atoms with Crippen LogP contribution >= 0.6 is 11.6 Å². The zero-order valence-electron chi connectivity index (χ0n) is 9.72. The third-order valence-corrected chi connectivity index (χ3v) is 2.68. The van der Waals surface area contributed by atoms with E-state index >= 15 is 0 Å². The highest BCUT2D eigenvalue weighted by Gasteiger charge is 2.08. The van der Waals surface area contributed by atoms with Crippen molar-refractivity contribution in [3.05, 3.63) is 53.1 Å². The van der Waals surface area contributed by atoms with Gasteiger partial charge in [-0.3, -0.25) is 4.79 Å². The van der Waals surface area contributed by atoms with Crippen molar-refractivity contribution in [1.82, 2.24) is 0 Å². The number of halogens is 1. The van der Waals surface area contributed by atoms with Gasteiger partial charge in [-0.25, -0.2) is 0 Å². The van der Waals surface area contributed by atoms with E-state index in [1.807, 2.05) is 12.1 Å². The minimum absolute atomic E-state index is 0.380. The lowest BCUT2D eigenvalue weighted by atomic mass is 10.2. The molecule has 0 saturated carbocycles. The Morgan fingerprint density at radius 1 is 1.06 bits per heavy atom. The second kappa shape index (κ2) is 5.56. The number of carbonyl (C=O) groups excluding carboxylic acids is 1. The number of aldehydes is 1. The van der Waals surface area contributed by atoms with Gasteiger partial charge in [0.25, 0.3) is 0 Å². The summed E-state index contributed by atoms with van der Waals surface area (Å²) in [5.41, 5.74) is 0.507. The van der Waals surface area contributed by atoms with Crippen molar-refractivity contribution < 1.29 is 14.3 Å². The molecular formula is C14H11ClO3. The van der Waals surface area contributed by atoms with Crippen LogP contribution in [-0.2, 0) is 0 Å². The van der Waals surface area contributed by atoms with Crippen LogP contribution in [0.25, 0.3) is 0 Å². The Morgan fingerprint density at radius 2 is 1.78 bits per heavy atom. The van der Waals surface area contributed by atoms with E-state index in [1.165, 1.54) is 0 Å². The lowest BCUT2D eigenvalue weighted by Crippen LogP contribution is -1.91. The van der Waals surface area contributed by atoms with Crippen LogP contribution in [0.4, 0.5) is 0 Å². The Bertz CT molecular complexity index is 567. The number of para-hydroxylation sites is 2. The van der Waals surface area contributed by atoms with Crippen molar-refractivity contribution in [2.75, 3.05) is 7.11 Å². The van der Waals surface area contributed by atoms with E-state index in [2.05, 4.69) is 0 Å². The molecule has 0 radical (unpaired) electrons. The van der Waals surface area contributed by atoms with Gasteiger partial charge in [0.2, 0.25) is 0 Å². The van der Waals surface area contributed by atoms with E-state index in [9.17, 15) is 4.79 Å². The summed E-state index contributed by atoms with van der Waals surface area (Å²) in [4.78, 5) is 10.6. The first-order chi connectivity index (χ1) is 8.74. The highest BCUT2D eigenvalue weighted by Crippen LogP contribution is 2.34. The van der Waals surface area contributed by atoms with E-state index in [4.69, 9.17) is 21.1 Å². The van der Waals surface area contributed by atoms with Crippen LogP contribution in [0.15, 0.2) is 42.5 Å². The standard InChI is InChI=1S/C14H11ClO3/c1-17-13-4-2-3-5-14(13)18-12-7-6-10(9-16)8-11(12)15/h2-9H,1H3. The van der Waals surface area contributed by atoms with Crippen molar-refractivity contribution in [3.8, 4) is 17.2 Å². The minimum atomic E-state index is 0.380. The van der Waals surface area contributed by atoms with E-state index in [0.29, 0.717) is 27.8 Å². The smallest absolute Gasteiger partial charge is 0.169 e. The predicted octanol–water partition coefficient (Wildman–Crippen LogP) is 3.95. The maximum absolute atomic E-state index is 10.6. The predicted molar refractivity (Wildman–Crippen MR) is 69.9 cm³/mol. The number of carbonyl (C=O) groups is 1.